The van der Waals surface area contributed by atoms with Crippen molar-refractivity contribution in [3.8, 4) is 5.75 Å². The van der Waals surface area contributed by atoms with Gasteiger partial charge in [0.2, 0.25) is 5.91 Å². The summed E-state index contributed by atoms with van der Waals surface area (Å²) in [5, 5.41) is 0.703. The number of halogens is 1. The minimum absolute atomic E-state index is 0.00966. The number of rotatable bonds is 6. The third-order valence-electron chi connectivity index (χ3n) is 6.62. The summed E-state index contributed by atoms with van der Waals surface area (Å²) in [5.41, 5.74) is 1.59. The van der Waals surface area contributed by atoms with Crippen LogP contribution in [0.4, 0.5) is 0 Å². The molecule has 1 heterocycles. The minimum Gasteiger partial charge on any atom is -0.491 e. The molecule has 0 bridgehead atoms. The maximum Gasteiger partial charge on any atom is 0.257 e. The molecule has 2 aromatic rings. The highest BCUT2D eigenvalue weighted by atomic mass is 35.5. The number of carbonyl (C=O) groups excluding carboxylic acids is 2. The van der Waals surface area contributed by atoms with Gasteiger partial charge in [0.25, 0.3) is 5.91 Å². The first-order valence-corrected chi connectivity index (χ1v) is 13.3. The second kappa shape index (κ2) is 13.5. The van der Waals surface area contributed by atoms with Gasteiger partial charge in [0.1, 0.15) is 12.4 Å². The lowest BCUT2D eigenvalue weighted by Gasteiger charge is -2.33. The Kier molecular flexibility index (Phi) is 10.5. The van der Waals surface area contributed by atoms with E-state index in [1.807, 2.05) is 65.3 Å². The summed E-state index contributed by atoms with van der Waals surface area (Å²) in [4.78, 5) is 30.7. The zero-order valence-electron chi connectivity index (χ0n) is 21.3. The van der Waals surface area contributed by atoms with Crippen molar-refractivity contribution in [3.05, 3.63) is 64.7 Å². The predicted molar refractivity (Wildman–Crippen MR) is 142 cm³/mol. The average Bonchev–Trinajstić information content (AvgIpc) is 2.86. The van der Waals surface area contributed by atoms with E-state index in [4.69, 9.17) is 16.3 Å². The Hall–Kier alpha value is -2.53. The van der Waals surface area contributed by atoms with Crippen LogP contribution in [0.15, 0.2) is 48.5 Å². The summed E-state index contributed by atoms with van der Waals surface area (Å²) in [7, 11) is 0. The Morgan fingerprint density at radius 1 is 1.06 bits per heavy atom. The van der Waals surface area contributed by atoms with E-state index in [0.717, 1.165) is 31.2 Å². The van der Waals surface area contributed by atoms with Crippen LogP contribution in [0.3, 0.4) is 0 Å². The van der Waals surface area contributed by atoms with E-state index in [0.29, 0.717) is 61.3 Å². The molecule has 0 radical (unpaired) electrons. The van der Waals surface area contributed by atoms with Crippen molar-refractivity contribution in [1.29, 1.82) is 0 Å². The third-order valence-corrected chi connectivity index (χ3v) is 6.98. The molecule has 6 heteroatoms. The van der Waals surface area contributed by atoms with Gasteiger partial charge in [-0.15, -0.1) is 0 Å². The van der Waals surface area contributed by atoms with Gasteiger partial charge in [-0.1, -0.05) is 55.8 Å². The Balaban J connectivity index is 1.83. The van der Waals surface area contributed by atoms with Gasteiger partial charge in [0.15, 0.2) is 0 Å². The van der Waals surface area contributed by atoms with Crippen molar-refractivity contribution in [1.82, 2.24) is 9.80 Å². The van der Waals surface area contributed by atoms with Gasteiger partial charge in [0, 0.05) is 31.1 Å². The van der Waals surface area contributed by atoms with E-state index in [2.05, 4.69) is 13.8 Å². The minimum atomic E-state index is -0.0556. The summed E-state index contributed by atoms with van der Waals surface area (Å²) in [5.74, 6) is 1.14. The first kappa shape index (κ1) is 27.1. The van der Waals surface area contributed by atoms with Crippen molar-refractivity contribution < 1.29 is 14.3 Å². The van der Waals surface area contributed by atoms with Gasteiger partial charge in [-0.3, -0.25) is 9.59 Å². The Morgan fingerprint density at radius 2 is 1.77 bits per heavy atom. The van der Waals surface area contributed by atoms with E-state index >= 15 is 0 Å². The molecule has 0 saturated heterocycles. The molecular formula is C29H39ClN2O3. The first-order valence-electron chi connectivity index (χ1n) is 12.9. The first-order chi connectivity index (χ1) is 16.9. The van der Waals surface area contributed by atoms with Gasteiger partial charge < -0.3 is 14.5 Å². The van der Waals surface area contributed by atoms with Crippen molar-refractivity contribution in [3.63, 3.8) is 0 Å². The van der Waals surface area contributed by atoms with Crippen molar-refractivity contribution >= 4 is 23.4 Å². The van der Waals surface area contributed by atoms with Gasteiger partial charge in [-0.25, -0.2) is 0 Å². The summed E-state index contributed by atoms with van der Waals surface area (Å²) >= 11 is 6.33. The average molecular weight is 499 g/mol. The molecule has 1 atom stereocenters. The molecule has 0 aromatic heterocycles. The highest BCUT2D eigenvalue weighted by molar-refractivity contribution is 6.31. The maximum atomic E-state index is 13.5. The molecule has 0 saturated carbocycles. The fraction of sp³-hybridized carbons (Fsp3) is 0.517. The van der Waals surface area contributed by atoms with Crippen LogP contribution in [0.1, 0.15) is 68.8 Å². The quantitative estimate of drug-likeness (QED) is 0.473. The molecule has 2 aromatic carbocycles. The summed E-state index contributed by atoms with van der Waals surface area (Å²) < 4.78 is 6.28. The van der Waals surface area contributed by atoms with Gasteiger partial charge in [-0.2, -0.15) is 0 Å². The Bertz CT molecular complexity index is 978. The van der Waals surface area contributed by atoms with Crippen LogP contribution in [-0.4, -0.2) is 53.9 Å². The van der Waals surface area contributed by atoms with E-state index < -0.39 is 0 Å². The monoisotopic (exact) mass is 498 g/mol. The van der Waals surface area contributed by atoms with Gasteiger partial charge >= 0.3 is 0 Å². The zero-order valence-corrected chi connectivity index (χ0v) is 22.1. The van der Waals surface area contributed by atoms with Crippen LogP contribution in [0, 0.1) is 5.92 Å². The zero-order chi connectivity index (χ0) is 25.2. The number of hydrogen-bond donors (Lipinski definition) is 0. The van der Waals surface area contributed by atoms with Gasteiger partial charge in [0.05, 0.1) is 11.6 Å². The molecular weight excluding hydrogens is 460 g/mol. The van der Waals surface area contributed by atoms with Crippen LogP contribution in [-0.2, 0) is 11.2 Å². The van der Waals surface area contributed by atoms with E-state index in [9.17, 15) is 9.59 Å². The van der Waals surface area contributed by atoms with Crippen molar-refractivity contribution in [2.24, 2.45) is 5.92 Å². The fourth-order valence-electron chi connectivity index (χ4n) is 4.72. The molecule has 1 aliphatic rings. The number of nitrogens with zero attached hydrogens (tertiary/aromatic N) is 2. The number of carbonyl (C=O) groups is 2. The lowest BCUT2D eigenvalue weighted by molar-refractivity contribution is -0.134. The molecule has 0 aliphatic carbocycles. The van der Waals surface area contributed by atoms with Crippen LogP contribution >= 0.6 is 11.6 Å². The summed E-state index contributed by atoms with van der Waals surface area (Å²) in [6, 6.07) is 15.1. The second-order valence-electron chi connectivity index (χ2n) is 9.71. The number of benzene rings is 2. The number of ether oxygens (including phenoxy) is 1. The largest absolute Gasteiger partial charge is 0.491 e. The number of amides is 2. The molecule has 0 N–H and O–H groups in total. The number of aryl methyl sites for hydroxylation is 1. The molecule has 0 spiro atoms. The van der Waals surface area contributed by atoms with Gasteiger partial charge in [-0.05, 0) is 68.7 Å². The van der Waals surface area contributed by atoms with Crippen LogP contribution in [0.25, 0.3) is 0 Å². The smallest absolute Gasteiger partial charge is 0.257 e. The SMILES string of the molecule is CCN1CCCCCN(C(=O)CCc2ccccc2Cl)[C@@H](CC(C)C)COc2ccccc2C1=O. The molecule has 3 rings (SSSR count). The molecule has 0 unspecified atom stereocenters. The number of hydrogen-bond acceptors (Lipinski definition) is 3. The fourth-order valence-corrected chi connectivity index (χ4v) is 4.95. The van der Waals surface area contributed by atoms with E-state index in [1.165, 1.54) is 0 Å². The number of para-hydroxylation sites is 1. The Labute approximate surface area is 215 Å². The van der Waals surface area contributed by atoms with Crippen molar-refractivity contribution in [2.45, 2.75) is 65.3 Å². The van der Waals surface area contributed by atoms with Crippen LogP contribution < -0.4 is 4.74 Å². The predicted octanol–water partition coefficient (Wildman–Crippen LogP) is 6.24. The third kappa shape index (κ3) is 7.73. The van der Waals surface area contributed by atoms with Crippen LogP contribution in [0.2, 0.25) is 5.02 Å². The second-order valence-corrected chi connectivity index (χ2v) is 10.1. The molecule has 2 amide bonds. The molecule has 1 aliphatic heterocycles. The number of fused-ring (bicyclic) bond motifs is 1. The molecule has 0 fully saturated rings. The normalized spacial score (nSPS) is 17.7. The van der Waals surface area contributed by atoms with E-state index in [-0.39, 0.29) is 17.9 Å². The maximum absolute atomic E-state index is 13.5. The van der Waals surface area contributed by atoms with Crippen LogP contribution in [0.5, 0.6) is 5.75 Å². The lowest BCUT2D eigenvalue weighted by Crippen LogP contribution is -2.45. The molecule has 5 nitrogen and oxygen atoms in total. The standard InChI is InChI=1S/C29H39ClN2O3/c1-4-31-18-10-5-11-19-32(28(33)17-16-23-12-6-8-14-26(23)30)24(20-22(2)3)21-35-27-15-9-7-13-25(27)29(31)34/h6-9,12-15,22,24H,4-5,10-11,16-21H2,1-3H3/t24-/m0/s1. The molecule has 190 valence electrons. The summed E-state index contributed by atoms with van der Waals surface area (Å²) in [6.07, 6.45) is 4.66. The topological polar surface area (TPSA) is 49.9 Å². The lowest BCUT2D eigenvalue weighted by atomic mass is 10.0. The summed E-state index contributed by atoms with van der Waals surface area (Å²) in [6.45, 7) is 8.79. The van der Waals surface area contributed by atoms with Crippen molar-refractivity contribution in [2.75, 3.05) is 26.2 Å². The molecule has 35 heavy (non-hydrogen) atoms. The Morgan fingerprint density at radius 3 is 2.51 bits per heavy atom. The van der Waals surface area contributed by atoms with E-state index in [1.54, 1.807) is 0 Å². The highest BCUT2D eigenvalue weighted by Gasteiger charge is 2.27. The highest BCUT2D eigenvalue weighted by Crippen LogP contribution is 2.24.